The second-order valence-corrected chi connectivity index (χ2v) is 12.9. The second kappa shape index (κ2) is 7.98. The number of hydrogen-bond donors (Lipinski definition) is 0. The Bertz CT molecular complexity index is 607. The first kappa shape index (κ1) is 21.9. The molecule has 4 fully saturated rings. The third kappa shape index (κ3) is 3.65. The molecule has 9 atom stereocenters. The predicted octanol–water partition coefficient (Wildman–Crippen LogP) is 7.92. The van der Waals surface area contributed by atoms with Gasteiger partial charge in [-0.2, -0.15) is 0 Å². The first-order chi connectivity index (χ1) is 13.7. The quantitative estimate of drug-likeness (QED) is 0.458. The van der Waals surface area contributed by atoms with Crippen LogP contribution >= 0.6 is 0 Å². The van der Waals surface area contributed by atoms with Crippen LogP contribution in [0, 0.1) is 58.2 Å². The number of ketones is 1. The standard InChI is InChI=1S/C28H48O/c1-18(2)19(3)7-8-20(4)24-11-12-25-23-10-9-21-17-22(29)13-15-27(21,5)26(23)14-16-28(24,25)6/h18-21,23-26H,7-17H2,1-6H3. The van der Waals surface area contributed by atoms with Crippen molar-refractivity contribution >= 4 is 5.78 Å². The Morgan fingerprint density at radius 2 is 1.59 bits per heavy atom. The van der Waals surface area contributed by atoms with Crippen LogP contribution in [0.25, 0.3) is 0 Å². The Kier molecular flexibility index (Phi) is 6.02. The maximum Gasteiger partial charge on any atom is 0.133 e. The third-order valence-electron chi connectivity index (χ3n) is 11.5. The number of carbonyl (C=O) groups excluding carboxylic acids is 1. The van der Waals surface area contributed by atoms with Gasteiger partial charge in [0.2, 0.25) is 0 Å². The molecular formula is C28H48O. The fraction of sp³-hybridized carbons (Fsp3) is 0.964. The van der Waals surface area contributed by atoms with Crippen molar-refractivity contribution in [2.45, 2.75) is 112 Å². The van der Waals surface area contributed by atoms with Crippen LogP contribution in [0.15, 0.2) is 0 Å². The van der Waals surface area contributed by atoms with Gasteiger partial charge in [-0.25, -0.2) is 0 Å². The monoisotopic (exact) mass is 400 g/mol. The molecule has 0 aromatic heterocycles. The van der Waals surface area contributed by atoms with Gasteiger partial charge in [0.1, 0.15) is 5.78 Å². The van der Waals surface area contributed by atoms with E-state index in [-0.39, 0.29) is 0 Å². The van der Waals surface area contributed by atoms with Gasteiger partial charge >= 0.3 is 0 Å². The van der Waals surface area contributed by atoms with E-state index in [2.05, 4.69) is 41.5 Å². The molecule has 0 aromatic carbocycles. The van der Waals surface area contributed by atoms with E-state index >= 15 is 0 Å². The van der Waals surface area contributed by atoms with Crippen molar-refractivity contribution in [1.29, 1.82) is 0 Å². The van der Waals surface area contributed by atoms with E-state index < -0.39 is 0 Å². The summed E-state index contributed by atoms with van der Waals surface area (Å²) in [5, 5.41) is 0. The highest BCUT2D eigenvalue weighted by molar-refractivity contribution is 5.79. The minimum atomic E-state index is 0.467. The molecule has 0 bridgehead atoms. The van der Waals surface area contributed by atoms with Crippen molar-refractivity contribution < 1.29 is 4.79 Å². The third-order valence-corrected chi connectivity index (χ3v) is 11.5. The molecule has 0 radical (unpaired) electrons. The Labute approximate surface area is 181 Å². The summed E-state index contributed by atoms with van der Waals surface area (Å²) in [4.78, 5) is 12.1. The summed E-state index contributed by atoms with van der Waals surface area (Å²) in [6.45, 7) is 15.1. The average Bonchev–Trinajstić information content (AvgIpc) is 3.03. The van der Waals surface area contributed by atoms with Crippen molar-refractivity contribution in [3.05, 3.63) is 0 Å². The smallest absolute Gasteiger partial charge is 0.133 e. The van der Waals surface area contributed by atoms with Gasteiger partial charge in [-0.1, -0.05) is 54.4 Å². The van der Waals surface area contributed by atoms with Gasteiger partial charge in [0.25, 0.3) is 0 Å². The maximum absolute atomic E-state index is 12.1. The molecule has 1 heteroatoms. The van der Waals surface area contributed by atoms with Gasteiger partial charge < -0.3 is 0 Å². The van der Waals surface area contributed by atoms with Crippen molar-refractivity contribution in [1.82, 2.24) is 0 Å². The van der Waals surface area contributed by atoms with Crippen LogP contribution in [0.5, 0.6) is 0 Å². The zero-order valence-corrected chi connectivity index (χ0v) is 20.3. The molecule has 0 aromatic rings. The fourth-order valence-electron chi connectivity index (χ4n) is 9.08. The lowest BCUT2D eigenvalue weighted by Gasteiger charge is -2.60. The lowest BCUT2D eigenvalue weighted by Crippen LogP contribution is -2.53. The fourth-order valence-corrected chi connectivity index (χ4v) is 9.08. The summed E-state index contributed by atoms with van der Waals surface area (Å²) in [5.74, 6) is 7.60. The van der Waals surface area contributed by atoms with Crippen LogP contribution in [0.4, 0.5) is 0 Å². The van der Waals surface area contributed by atoms with Crippen LogP contribution < -0.4 is 0 Å². The van der Waals surface area contributed by atoms with E-state index in [0.29, 0.717) is 22.5 Å². The molecule has 0 spiro atoms. The minimum absolute atomic E-state index is 0.467. The van der Waals surface area contributed by atoms with Crippen molar-refractivity contribution in [2.24, 2.45) is 58.2 Å². The molecule has 4 aliphatic rings. The molecule has 4 saturated carbocycles. The first-order valence-corrected chi connectivity index (χ1v) is 13.2. The summed E-state index contributed by atoms with van der Waals surface area (Å²) in [6, 6.07) is 0. The zero-order chi connectivity index (χ0) is 21.0. The first-order valence-electron chi connectivity index (χ1n) is 13.2. The molecule has 0 amide bonds. The van der Waals surface area contributed by atoms with E-state index in [4.69, 9.17) is 0 Å². The van der Waals surface area contributed by atoms with Crippen LogP contribution in [-0.4, -0.2) is 5.78 Å². The van der Waals surface area contributed by atoms with E-state index in [1.165, 1.54) is 57.8 Å². The summed E-state index contributed by atoms with van der Waals surface area (Å²) in [5.41, 5.74) is 1.06. The highest BCUT2D eigenvalue weighted by Crippen LogP contribution is 2.68. The molecule has 0 heterocycles. The molecule has 4 aliphatic carbocycles. The van der Waals surface area contributed by atoms with Crippen LogP contribution in [0.2, 0.25) is 0 Å². The molecule has 0 N–H and O–H groups in total. The SMILES string of the molecule is CC(C)C(C)CCC(C)C1CCC2C3CCC4CC(=O)CCC4(C)C3CCC12C. The molecule has 29 heavy (non-hydrogen) atoms. The van der Waals surface area contributed by atoms with Gasteiger partial charge in [-0.3, -0.25) is 4.79 Å². The molecule has 4 rings (SSSR count). The maximum atomic E-state index is 12.1. The topological polar surface area (TPSA) is 17.1 Å². The lowest BCUT2D eigenvalue weighted by atomic mass is 9.44. The largest absolute Gasteiger partial charge is 0.300 e. The van der Waals surface area contributed by atoms with Crippen molar-refractivity contribution in [2.75, 3.05) is 0 Å². The van der Waals surface area contributed by atoms with Gasteiger partial charge in [-0.05, 0) is 103 Å². The number of Topliss-reactive ketones (excluding diaryl/α,β-unsaturated/α-hetero) is 1. The second-order valence-electron chi connectivity index (χ2n) is 12.9. The van der Waals surface area contributed by atoms with E-state index in [0.717, 1.165) is 54.3 Å². The van der Waals surface area contributed by atoms with Crippen molar-refractivity contribution in [3.63, 3.8) is 0 Å². The molecule has 166 valence electrons. The summed E-state index contributed by atoms with van der Waals surface area (Å²) in [6.07, 6.45) is 14.4. The lowest BCUT2D eigenvalue weighted by molar-refractivity contribution is -0.140. The zero-order valence-electron chi connectivity index (χ0n) is 20.3. The van der Waals surface area contributed by atoms with Crippen LogP contribution in [0.3, 0.4) is 0 Å². The Morgan fingerprint density at radius 3 is 2.31 bits per heavy atom. The summed E-state index contributed by atoms with van der Waals surface area (Å²) in [7, 11) is 0. The van der Waals surface area contributed by atoms with Crippen molar-refractivity contribution in [3.8, 4) is 0 Å². The number of rotatable bonds is 5. The highest BCUT2D eigenvalue weighted by atomic mass is 16.1. The minimum Gasteiger partial charge on any atom is -0.300 e. The Hall–Kier alpha value is -0.330. The molecular weight excluding hydrogens is 352 g/mol. The Morgan fingerprint density at radius 1 is 0.862 bits per heavy atom. The molecule has 0 saturated heterocycles. The van der Waals surface area contributed by atoms with Gasteiger partial charge in [-0.15, -0.1) is 0 Å². The average molecular weight is 401 g/mol. The van der Waals surface area contributed by atoms with Gasteiger partial charge in [0, 0.05) is 12.8 Å². The summed E-state index contributed by atoms with van der Waals surface area (Å²) >= 11 is 0. The number of hydrogen-bond acceptors (Lipinski definition) is 1. The molecule has 9 unspecified atom stereocenters. The van der Waals surface area contributed by atoms with E-state index in [1.807, 2.05) is 0 Å². The van der Waals surface area contributed by atoms with Gasteiger partial charge in [0.15, 0.2) is 0 Å². The normalized spacial score (nSPS) is 46.7. The van der Waals surface area contributed by atoms with Crippen LogP contribution in [-0.2, 0) is 4.79 Å². The Balaban J connectivity index is 1.46. The predicted molar refractivity (Wildman–Crippen MR) is 123 cm³/mol. The van der Waals surface area contributed by atoms with E-state index in [1.54, 1.807) is 0 Å². The number of fused-ring (bicyclic) bond motifs is 5. The molecule has 0 aliphatic heterocycles. The van der Waals surface area contributed by atoms with Crippen LogP contribution in [0.1, 0.15) is 112 Å². The van der Waals surface area contributed by atoms with Gasteiger partial charge in [0.05, 0.1) is 0 Å². The molecule has 1 nitrogen and oxygen atoms in total. The highest BCUT2D eigenvalue weighted by Gasteiger charge is 2.60. The number of carbonyl (C=O) groups is 1. The summed E-state index contributed by atoms with van der Waals surface area (Å²) < 4.78 is 0. The van der Waals surface area contributed by atoms with E-state index in [9.17, 15) is 4.79 Å².